The largest absolute Gasteiger partial charge is 0.390 e. The Kier molecular flexibility index (Phi) is 40.1. The zero-order valence-electron chi connectivity index (χ0n) is 90.7. The van der Waals surface area contributed by atoms with Crippen LogP contribution in [0.3, 0.4) is 0 Å². The smallest absolute Gasteiger partial charge is 0.0894 e. The normalized spacial score (nSPS) is 28.7. The molecule has 6 heterocycles. The van der Waals surface area contributed by atoms with E-state index in [4.69, 9.17) is 4.74 Å². The summed E-state index contributed by atoms with van der Waals surface area (Å²) in [5.41, 5.74) is 12.2. The molecule has 11 fully saturated rings. The Morgan fingerprint density at radius 3 is 0.890 bits per heavy atom. The Morgan fingerprint density at radius 1 is 0.291 bits per heavy atom. The molecule has 8 spiro atoms. The molecule has 6 aliphatic heterocycles. The van der Waals surface area contributed by atoms with Gasteiger partial charge in [0.15, 0.2) is 0 Å². The van der Waals surface area contributed by atoms with E-state index < -0.39 is 0 Å². The van der Waals surface area contributed by atoms with Crippen molar-refractivity contribution in [3.05, 3.63) is 58.2 Å². The van der Waals surface area contributed by atoms with E-state index in [-0.39, 0.29) is 16.8 Å². The third-order valence-corrected chi connectivity index (χ3v) is 35.7. The van der Waals surface area contributed by atoms with Crippen LogP contribution in [0.15, 0.2) is 58.2 Å². The van der Waals surface area contributed by atoms with Crippen molar-refractivity contribution in [3.63, 3.8) is 0 Å². The van der Waals surface area contributed by atoms with Gasteiger partial charge in [-0.1, -0.05) is 274 Å². The summed E-state index contributed by atoms with van der Waals surface area (Å²) >= 11 is 0. The number of hydrogen-bond acceptors (Lipinski definition) is 8. The van der Waals surface area contributed by atoms with Gasteiger partial charge in [0.05, 0.1) is 23.4 Å². The average Bonchev–Trinajstić information content (AvgIpc) is 1.36. The van der Waals surface area contributed by atoms with E-state index in [1.54, 1.807) is 22.3 Å². The molecule has 736 valence electrons. The first-order chi connectivity index (χ1) is 59.2. The predicted octanol–water partition coefficient (Wildman–Crippen LogP) is 30.4. The van der Waals surface area contributed by atoms with Gasteiger partial charge in [0.25, 0.3) is 0 Å². The molecule has 2 N–H and O–H groups in total. The van der Waals surface area contributed by atoms with Crippen molar-refractivity contribution in [3.8, 4) is 0 Å². The number of rotatable bonds is 24. The van der Waals surface area contributed by atoms with Crippen molar-refractivity contribution < 1.29 is 14.9 Å². The fraction of sp³-hybridized carbons (Fsp3) is 0.916. The van der Waals surface area contributed by atoms with Crippen LogP contribution >= 0.6 is 0 Å². The second-order valence-corrected chi connectivity index (χ2v) is 54.4. The number of likely N-dealkylation sites (tertiary alicyclic amines) is 5. The Hall–Kier alpha value is -1.62. The number of piperidine rings is 4. The highest BCUT2D eigenvalue weighted by Crippen LogP contribution is 2.63. The van der Waals surface area contributed by atoms with Gasteiger partial charge in [0, 0.05) is 64.3 Å². The molecule has 0 amide bonds. The molecular formula is C119H217N5O3. The Balaban J connectivity index is 0.000000164. The third-order valence-electron chi connectivity index (χ3n) is 35.7. The minimum absolute atomic E-state index is 0.0904. The van der Waals surface area contributed by atoms with Crippen molar-refractivity contribution in [1.29, 1.82) is 0 Å². The topological polar surface area (TPSA) is 65.9 Å². The molecule has 16 rings (SSSR count). The van der Waals surface area contributed by atoms with Gasteiger partial charge >= 0.3 is 0 Å². The van der Waals surface area contributed by atoms with Gasteiger partial charge in [-0.3, -0.25) is 0 Å². The van der Waals surface area contributed by atoms with Crippen molar-refractivity contribution in [1.82, 2.24) is 24.5 Å². The maximum absolute atomic E-state index is 10.4. The van der Waals surface area contributed by atoms with Gasteiger partial charge in [0.2, 0.25) is 0 Å². The predicted molar refractivity (Wildman–Crippen MR) is 553 cm³/mol. The molecule has 8 heteroatoms. The molecule has 10 aliphatic carbocycles. The molecule has 127 heavy (non-hydrogen) atoms. The summed E-state index contributed by atoms with van der Waals surface area (Å²) in [7, 11) is 0. The summed E-state index contributed by atoms with van der Waals surface area (Å²) in [5.74, 6) is 16.3. The van der Waals surface area contributed by atoms with Gasteiger partial charge in [0.1, 0.15) is 0 Å². The van der Waals surface area contributed by atoms with E-state index in [0.717, 1.165) is 138 Å². The second-order valence-electron chi connectivity index (χ2n) is 54.4. The lowest BCUT2D eigenvalue weighted by Crippen LogP contribution is -2.59. The van der Waals surface area contributed by atoms with Crippen LogP contribution in [-0.4, -0.2) is 156 Å². The molecular weight excluding hydrogens is 1550 g/mol. The van der Waals surface area contributed by atoms with Gasteiger partial charge in [-0.2, -0.15) is 0 Å². The van der Waals surface area contributed by atoms with E-state index in [0.29, 0.717) is 50.2 Å². The first-order valence-electron chi connectivity index (χ1n) is 55.5. The molecule has 5 saturated heterocycles. The monoisotopic (exact) mass is 1760 g/mol. The summed E-state index contributed by atoms with van der Waals surface area (Å²) in [6.45, 7) is 93.9. The number of hydrogen-bond donors (Lipinski definition) is 2. The lowest BCUT2D eigenvalue weighted by molar-refractivity contribution is -0.173. The van der Waals surface area contributed by atoms with Crippen LogP contribution in [0, 0.1) is 156 Å². The molecule has 8 nitrogen and oxygen atoms in total. The minimum Gasteiger partial charge on any atom is -0.390 e. The highest BCUT2D eigenvalue weighted by molar-refractivity contribution is 5.32. The first kappa shape index (κ1) is 109. The molecule has 0 aromatic heterocycles. The summed E-state index contributed by atoms with van der Waals surface area (Å²) in [6, 6.07) is 0. The van der Waals surface area contributed by atoms with Crippen molar-refractivity contribution in [2.75, 3.05) is 105 Å². The number of allylic oxidation sites excluding steroid dienone is 7. The van der Waals surface area contributed by atoms with Crippen LogP contribution in [0.2, 0.25) is 0 Å². The fourth-order valence-corrected chi connectivity index (χ4v) is 27.4. The van der Waals surface area contributed by atoms with Gasteiger partial charge in [-0.15, -0.1) is 0 Å². The van der Waals surface area contributed by atoms with Crippen LogP contribution < -0.4 is 0 Å². The average molecular weight is 1770 g/mol. The van der Waals surface area contributed by atoms with E-state index in [9.17, 15) is 10.2 Å². The van der Waals surface area contributed by atoms with Crippen LogP contribution in [0.25, 0.3) is 0 Å². The zero-order chi connectivity index (χ0) is 93.8. The van der Waals surface area contributed by atoms with E-state index in [1.807, 2.05) is 0 Å². The molecule has 0 atom stereocenters. The lowest BCUT2D eigenvalue weighted by atomic mass is 9.50. The van der Waals surface area contributed by atoms with Gasteiger partial charge in [-0.05, 0) is 395 Å². The maximum Gasteiger partial charge on any atom is 0.0894 e. The van der Waals surface area contributed by atoms with Crippen LogP contribution in [0.1, 0.15) is 421 Å². The Morgan fingerprint density at radius 2 is 0.575 bits per heavy atom. The molecule has 6 saturated carbocycles. The fourth-order valence-electron chi connectivity index (χ4n) is 27.4. The van der Waals surface area contributed by atoms with Crippen molar-refractivity contribution in [2.45, 2.75) is 437 Å². The van der Waals surface area contributed by atoms with Crippen molar-refractivity contribution >= 4 is 0 Å². The highest BCUT2D eigenvalue weighted by atomic mass is 16.5. The first-order valence-corrected chi connectivity index (χ1v) is 55.5. The Labute approximate surface area is 791 Å². The number of nitrogens with zero attached hydrogens (tertiary/aromatic N) is 5. The van der Waals surface area contributed by atoms with Crippen LogP contribution in [-0.2, 0) is 4.74 Å². The summed E-state index contributed by atoms with van der Waals surface area (Å²) in [5, 5.41) is 20.8. The quantitative estimate of drug-likeness (QED) is 0.0927. The minimum atomic E-state index is -0.347. The molecule has 0 bridgehead atoms. The number of aliphatic hydroxyl groups is 2. The van der Waals surface area contributed by atoms with Gasteiger partial charge < -0.3 is 39.4 Å². The maximum atomic E-state index is 10.4. The zero-order valence-corrected chi connectivity index (χ0v) is 90.7. The molecule has 16 aliphatic rings. The Bertz CT molecular complexity index is 3200. The second kappa shape index (κ2) is 46.7. The summed E-state index contributed by atoms with van der Waals surface area (Å²) < 4.78 is 6.09. The van der Waals surface area contributed by atoms with E-state index in [1.165, 1.54) is 277 Å². The summed E-state index contributed by atoms with van der Waals surface area (Å²) in [6.07, 6.45) is 55.2. The SMILES string of the molecule is CC(C)CC1CC2(C=C(C(C)C)C2)C1.CC(C)CC1CCC2(C=C(C(C)C)C2)CC1.CC(C)CC1CCC2(CC1)CC(O)(C(C)C)C2.CC(C)CN1CC2(C=C(C(C)C)C2)C1.CC(C)CN1CCC2(C=C(C(C)C)C2)CC1.CC(C)CN1CCC2(C=C(C(C)C)CO2)CC1.CC(C)CN1CCC2(CC1)CC(C(C)C)C2.CC(C)CN1CCC2(CC1)CC(O)(C(C)C)C2. The molecule has 0 aromatic rings. The van der Waals surface area contributed by atoms with Crippen molar-refractivity contribution in [2.24, 2.45) is 156 Å². The lowest BCUT2D eigenvalue weighted by Gasteiger charge is -2.58. The summed E-state index contributed by atoms with van der Waals surface area (Å²) in [4.78, 5) is 13.1. The highest BCUT2D eigenvalue weighted by Gasteiger charge is 2.58. The molecule has 0 radical (unpaired) electrons. The van der Waals surface area contributed by atoms with E-state index >= 15 is 0 Å². The molecule has 0 aromatic carbocycles. The third kappa shape index (κ3) is 31.4. The van der Waals surface area contributed by atoms with Crippen LogP contribution in [0.4, 0.5) is 0 Å². The van der Waals surface area contributed by atoms with Gasteiger partial charge in [-0.25, -0.2) is 0 Å². The number of ether oxygens (including phenoxy) is 1. The van der Waals surface area contributed by atoms with E-state index in [2.05, 4.69) is 276 Å². The van der Waals surface area contributed by atoms with Crippen LogP contribution in [0.5, 0.6) is 0 Å². The standard InChI is InChI=1S/C16H30O.C16H28.C15H27NO.C15H29NO.C15H29N.C15H27N.C14H24.C13H23N/c1-12(2)9-14-5-7-15(8-6-14)10-16(17,11-15)13(3)4;1-12(2)9-14-5-7-16(8-6-14)10-15(11-16)13(3)4;1-12(2)10-16-7-5-15(6-8-16)9-14(11-17-15)13(3)4;1-12(2)9-16-7-5-14(6-8-16)10-15(17,11-14)13(3)4;2*1-12(2)11-16-7-5-15(6-8-16)9-14(10-15)13(3)4;1-10(2)5-12-6-14(7-12)8-13(9-14)11(3)4;1-10(2)7-14-8-13(9-14)5-12(6-13)11(3)4/h12-14,17H,5-11H2,1-4H3;10,12-14H,5-9,11H2,1-4H3;9,12-13H,5-8,10-11H2,1-4H3;12-13,17H,5-11H2,1-4H3;12-14H,5-11H2,1-4H3;9,12-13H,5-8,10-11H2,1-4H3;8,10-12H,5-7,9H2,1-4H3;5,10-11H,6-9H2,1-4H3. The molecule has 0 unspecified atom stereocenters.